The number of aliphatic hydroxyl groups is 1. The molecular weight excluding hydrogens is 256 g/mol. The third-order valence-electron chi connectivity index (χ3n) is 4.08. The summed E-state index contributed by atoms with van der Waals surface area (Å²) in [5.74, 6) is 0. The van der Waals surface area contributed by atoms with Crippen LogP contribution in [0.15, 0.2) is 18.2 Å². The number of hydrogen-bond donors (Lipinski definition) is 1. The van der Waals surface area contributed by atoms with E-state index >= 15 is 0 Å². The maximum Gasteiger partial charge on any atom is 0.274 e. The zero-order chi connectivity index (χ0) is 14.5. The van der Waals surface area contributed by atoms with Crippen LogP contribution in [0.25, 0.3) is 0 Å². The minimum absolute atomic E-state index is 0.0676. The van der Waals surface area contributed by atoms with Gasteiger partial charge in [0.2, 0.25) is 0 Å². The lowest BCUT2D eigenvalue weighted by Crippen LogP contribution is -2.38. The van der Waals surface area contributed by atoms with E-state index in [2.05, 4.69) is 4.90 Å². The van der Waals surface area contributed by atoms with E-state index in [4.69, 9.17) is 0 Å². The quantitative estimate of drug-likeness (QED) is 0.664. The summed E-state index contributed by atoms with van der Waals surface area (Å²) in [6, 6.07) is 5.74. The molecule has 0 radical (unpaired) electrons. The Morgan fingerprint density at radius 2 is 2.05 bits per heavy atom. The molecule has 1 fully saturated rings. The molecule has 0 saturated heterocycles. The molecule has 0 atom stereocenters. The number of nitro groups is 1. The zero-order valence-electron chi connectivity index (χ0n) is 11.9. The Kier molecular flexibility index (Phi) is 4.95. The van der Waals surface area contributed by atoms with Gasteiger partial charge in [0, 0.05) is 29.9 Å². The zero-order valence-corrected chi connectivity index (χ0v) is 11.9. The van der Waals surface area contributed by atoms with Gasteiger partial charge >= 0.3 is 0 Å². The lowest BCUT2D eigenvalue weighted by molar-refractivity contribution is -0.385. The second-order valence-electron chi connectivity index (χ2n) is 5.44. The molecule has 1 aromatic rings. The largest absolute Gasteiger partial charge is 0.395 e. The minimum atomic E-state index is -0.336. The number of nitro benzene ring substituents is 1. The molecule has 1 aliphatic carbocycles. The summed E-state index contributed by atoms with van der Waals surface area (Å²) in [5, 5.41) is 20.4. The van der Waals surface area contributed by atoms with E-state index in [0.29, 0.717) is 18.2 Å². The summed E-state index contributed by atoms with van der Waals surface area (Å²) in [7, 11) is 0. The first-order chi connectivity index (χ1) is 9.63. The van der Waals surface area contributed by atoms with Crippen molar-refractivity contribution in [3.05, 3.63) is 33.9 Å². The van der Waals surface area contributed by atoms with E-state index in [1.807, 2.05) is 6.07 Å². The van der Waals surface area contributed by atoms with Crippen LogP contribution in [0.5, 0.6) is 0 Å². The second kappa shape index (κ2) is 6.70. The summed E-state index contributed by atoms with van der Waals surface area (Å²) >= 11 is 0. The molecule has 0 heterocycles. The highest BCUT2D eigenvalue weighted by atomic mass is 16.6. The Balaban J connectivity index is 2.28. The van der Waals surface area contributed by atoms with Gasteiger partial charge < -0.3 is 10.0 Å². The molecule has 0 aliphatic heterocycles. The van der Waals surface area contributed by atoms with Gasteiger partial charge in [-0.3, -0.25) is 10.1 Å². The first-order valence-corrected chi connectivity index (χ1v) is 7.26. The fourth-order valence-electron chi connectivity index (χ4n) is 3.00. The van der Waals surface area contributed by atoms with Crippen molar-refractivity contribution in [2.75, 3.05) is 18.1 Å². The van der Waals surface area contributed by atoms with Crippen molar-refractivity contribution in [1.82, 2.24) is 0 Å². The number of hydrogen-bond acceptors (Lipinski definition) is 4. The van der Waals surface area contributed by atoms with Crippen LogP contribution in [0.3, 0.4) is 0 Å². The number of benzene rings is 1. The van der Waals surface area contributed by atoms with Crippen molar-refractivity contribution in [3.63, 3.8) is 0 Å². The SMILES string of the molecule is Cc1ccc(N(CCO)C2CCCCC2)cc1[N+](=O)[O-]. The molecule has 0 unspecified atom stereocenters. The third-order valence-corrected chi connectivity index (χ3v) is 4.08. The van der Waals surface area contributed by atoms with Crippen LogP contribution in [0, 0.1) is 17.0 Å². The Morgan fingerprint density at radius 1 is 1.35 bits per heavy atom. The first-order valence-electron chi connectivity index (χ1n) is 7.26. The molecule has 1 saturated carbocycles. The van der Waals surface area contributed by atoms with Gasteiger partial charge in [-0.15, -0.1) is 0 Å². The molecule has 5 heteroatoms. The molecule has 20 heavy (non-hydrogen) atoms. The maximum absolute atomic E-state index is 11.1. The minimum Gasteiger partial charge on any atom is -0.395 e. The van der Waals surface area contributed by atoms with Gasteiger partial charge in [-0.25, -0.2) is 0 Å². The van der Waals surface area contributed by atoms with E-state index in [1.54, 1.807) is 19.1 Å². The number of aliphatic hydroxyl groups excluding tert-OH is 1. The Bertz CT molecular complexity index is 470. The highest BCUT2D eigenvalue weighted by molar-refractivity contribution is 5.57. The number of rotatable bonds is 5. The lowest BCUT2D eigenvalue weighted by Gasteiger charge is -2.35. The van der Waals surface area contributed by atoms with Gasteiger partial charge in [-0.05, 0) is 25.8 Å². The van der Waals surface area contributed by atoms with Crippen LogP contribution in [-0.4, -0.2) is 29.2 Å². The Labute approximate surface area is 119 Å². The van der Waals surface area contributed by atoms with E-state index < -0.39 is 0 Å². The van der Waals surface area contributed by atoms with E-state index in [9.17, 15) is 15.2 Å². The van der Waals surface area contributed by atoms with Crippen LogP contribution in [0.4, 0.5) is 11.4 Å². The van der Waals surface area contributed by atoms with Crippen molar-refractivity contribution in [3.8, 4) is 0 Å². The van der Waals surface area contributed by atoms with Gasteiger partial charge in [0.25, 0.3) is 5.69 Å². The number of nitrogens with zero attached hydrogens (tertiary/aromatic N) is 2. The normalized spacial score (nSPS) is 16.1. The molecule has 1 N–H and O–H groups in total. The second-order valence-corrected chi connectivity index (χ2v) is 5.44. The predicted octanol–water partition coefficient (Wildman–Crippen LogP) is 3.03. The van der Waals surface area contributed by atoms with Crippen LogP contribution in [0.1, 0.15) is 37.7 Å². The molecular formula is C15H22N2O3. The molecule has 5 nitrogen and oxygen atoms in total. The van der Waals surface area contributed by atoms with Gasteiger partial charge in [0.15, 0.2) is 0 Å². The summed E-state index contributed by atoms with van der Waals surface area (Å²) in [5.41, 5.74) is 1.68. The van der Waals surface area contributed by atoms with Gasteiger partial charge in [0.1, 0.15) is 0 Å². The summed E-state index contributed by atoms with van der Waals surface area (Å²) < 4.78 is 0. The standard InChI is InChI=1S/C15H22N2O3/c1-12-7-8-14(11-15(12)17(19)20)16(9-10-18)13-5-3-2-4-6-13/h7-8,11,13,18H,2-6,9-10H2,1H3. The highest BCUT2D eigenvalue weighted by Crippen LogP contribution is 2.30. The van der Waals surface area contributed by atoms with E-state index in [1.165, 1.54) is 19.3 Å². The summed E-state index contributed by atoms with van der Waals surface area (Å²) in [4.78, 5) is 12.9. The molecule has 0 spiro atoms. The topological polar surface area (TPSA) is 66.6 Å². The predicted molar refractivity (Wildman–Crippen MR) is 79.1 cm³/mol. The van der Waals surface area contributed by atoms with Crippen molar-refractivity contribution >= 4 is 11.4 Å². The van der Waals surface area contributed by atoms with Crippen LogP contribution in [0.2, 0.25) is 0 Å². The molecule has 1 aliphatic rings. The monoisotopic (exact) mass is 278 g/mol. The Morgan fingerprint density at radius 3 is 2.65 bits per heavy atom. The van der Waals surface area contributed by atoms with Crippen LogP contribution < -0.4 is 4.90 Å². The van der Waals surface area contributed by atoms with Crippen LogP contribution >= 0.6 is 0 Å². The third kappa shape index (κ3) is 3.28. The van der Waals surface area contributed by atoms with E-state index in [0.717, 1.165) is 18.5 Å². The van der Waals surface area contributed by atoms with Gasteiger partial charge in [-0.2, -0.15) is 0 Å². The molecule has 0 aromatic heterocycles. The average Bonchev–Trinajstić information content (AvgIpc) is 2.46. The molecule has 0 amide bonds. The van der Waals surface area contributed by atoms with Gasteiger partial charge in [0.05, 0.1) is 11.5 Å². The van der Waals surface area contributed by atoms with Crippen molar-refractivity contribution in [2.24, 2.45) is 0 Å². The Hall–Kier alpha value is -1.62. The fourth-order valence-corrected chi connectivity index (χ4v) is 3.00. The number of aryl methyl sites for hydroxylation is 1. The molecule has 1 aromatic carbocycles. The summed E-state index contributed by atoms with van der Waals surface area (Å²) in [6.45, 7) is 2.35. The van der Waals surface area contributed by atoms with Crippen molar-refractivity contribution in [2.45, 2.75) is 45.1 Å². The van der Waals surface area contributed by atoms with E-state index in [-0.39, 0.29) is 17.2 Å². The number of anilines is 1. The summed E-state index contributed by atoms with van der Waals surface area (Å²) in [6.07, 6.45) is 5.85. The molecule has 2 rings (SSSR count). The lowest BCUT2D eigenvalue weighted by atomic mass is 9.93. The molecule has 0 bridgehead atoms. The fraction of sp³-hybridized carbons (Fsp3) is 0.600. The van der Waals surface area contributed by atoms with Gasteiger partial charge in [-0.1, -0.05) is 25.3 Å². The maximum atomic E-state index is 11.1. The van der Waals surface area contributed by atoms with Crippen molar-refractivity contribution < 1.29 is 10.0 Å². The first kappa shape index (κ1) is 14.8. The van der Waals surface area contributed by atoms with Crippen molar-refractivity contribution in [1.29, 1.82) is 0 Å². The smallest absolute Gasteiger partial charge is 0.274 e. The van der Waals surface area contributed by atoms with Crippen LogP contribution in [-0.2, 0) is 0 Å². The average molecular weight is 278 g/mol. The molecule has 110 valence electrons. The highest BCUT2D eigenvalue weighted by Gasteiger charge is 2.23.